The molecule has 0 aromatic rings. The fraction of sp³-hybridized carbons (Fsp3) is 0.800. The normalized spacial score (nSPS) is 12.2. The number of halogens is 1. The third kappa shape index (κ3) is 4.78. The van der Waals surface area contributed by atoms with E-state index in [4.69, 9.17) is 11.6 Å². The summed E-state index contributed by atoms with van der Waals surface area (Å²) in [6, 6.07) is 0. The molecule has 72 valence electrons. The molecule has 0 heterocycles. The number of hydrogen-bond donors (Lipinski definition) is 1. The minimum atomic E-state index is 0.326. The summed E-state index contributed by atoms with van der Waals surface area (Å²) in [6.07, 6.45) is 0. The number of nitrogens with one attached hydrogen (secondary N) is 1. The van der Waals surface area contributed by atoms with E-state index in [1.807, 2.05) is 0 Å². The monoisotopic (exact) mass is 189 g/mol. The zero-order valence-electron chi connectivity index (χ0n) is 8.58. The predicted molar refractivity (Wildman–Crippen MR) is 56.5 cm³/mol. The summed E-state index contributed by atoms with van der Waals surface area (Å²) in [5, 5.41) is 3.95. The van der Waals surface area contributed by atoms with E-state index in [1.54, 1.807) is 0 Å². The first-order valence-corrected chi connectivity index (χ1v) is 4.78. The van der Waals surface area contributed by atoms with Crippen LogP contribution in [0.15, 0.2) is 11.6 Å². The van der Waals surface area contributed by atoms with Crippen molar-refractivity contribution >= 4 is 11.6 Å². The summed E-state index contributed by atoms with van der Waals surface area (Å²) in [7, 11) is 0. The minimum Gasteiger partial charge on any atom is -0.311 e. The smallest absolute Gasteiger partial charge is 0.0307 e. The average Bonchev–Trinajstić information content (AvgIpc) is 1.85. The second-order valence-electron chi connectivity index (χ2n) is 4.26. The summed E-state index contributed by atoms with van der Waals surface area (Å²) in [6.45, 7) is 14.3. The molecule has 0 aromatic carbocycles. The van der Waals surface area contributed by atoms with Gasteiger partial charge in [-0.1, -0.05) is 45.9 Å². The lowest BCUT2D eigenvalue weighted by Gasteiger charge is -2.29. The number of rotatable bonds is 5. The summed E-state index contributed by atoms with van der Waals surface area (Å²) in [5.41, 5.74) is 0.326. The zero-order valence-corrected chi connectivity index (χ0v) is 9.33. The molecule has 12 heavy (non-hydrogen) atoms. The van der Waals surface area contributed by atoms with Crippen molar-refractivity contribution in [1.82, 2.24) is 5.32 Å². The molecule has 0 aliphatic carbocycles. The molecule has 0 radical (unpaired) electrons. The van der Waals surface area contributed by atoms with Gasteiger partial charge in [-0.2, -0.15) is 0 Å². The summed E-state index contributed by atoms with van der Waals surface area (Å²) in [5.74, 6) is 0.675. The van der Waals surface area contributed by atoms with Crippen molar-refractivity contribution in [3.63, 3.8) is 0 Å². The molecule has 0 amide bonds. The van der Waals surface area contributed by atoms with E-state index in [9.17, 15) is 0 Å². The molecular weight excluding hydrogens is 170 g/mol. The maximum atomic E-state index is 5.63. The van der Waals surface area contributed by atoms with Crippen LogP contribution in [0.3, 0.4) is 0 Å². The van der Waals surface area contributed by atoms with Crippen molar-refractivity contribution < 1.29 is 0 Å². The van der Waals surface area contributed by atoms with Crippen molar-refractivity contribution in [3.05, 3.63) is 11.6 Å². The van der Waals surface area contributed by atoms with Crippen LogP contribution >= 0.6 is 11.6 Å². The summed E-state index contributed by atoms with van der Waals surface area (Å²) in [4.78, 5) is 0. The molecule has 1 nitrogen and oxygen atoms in total. The Hall–Kier alpha value is -0.0100. The molecule has 0 aliphatic heterocycles. The second-order valence-corrected chi connectivity index (χ2v) is 4.80. The standard InChI is InChI=1S/C10H20ClN/c1-8(2)10(4,5)7-12-6-9(3)11/h8,12H,3,6-7H2,1-2,4-5H3. The molecule has 0 aliphatic rings. The van der Waals surface area contributed by atoms with Gasteiger partial charge in [0, 0.05) is 18.1 Å². The van der Waals surface area contributed by atoms with Crippen molar-refractivity contribution in [3.8, 4) is 0 Å². The Balaban J connectivity index is 3.69. The Morgan fingerprint density at radius 1 is 1.50 bits per heavy atom. The first-order chi connectivity index (χ1) is 5.36. The molecule has 0 rings (SSSR count). The minimum absolute atomic E-state index is 0.326. The van der Waals surface area contributed by atoms with Gasteiger partial charge in [0.25, 0.3) is 0 Å². The molecule has 0 saturated carbocycles. The molecule has 0 bridgehead atoms. The first-order valence-electron chi connectivity index (χ1n) is 4.40. The Kier molecular flexibility index (Phi) is 4.88. The Bertz CT molecular complexity index is 150. The predicted octanol–water partition coefficient (Wildman–Crippen LogP) is 3.01. The van der Waals surface area contributed by atoms with Gasteiger partial charge >= 0.3 is 0 Å². The molecule has 0 fully saturated rings. The third-order valence-corrected chi connectivity index (χ3v) is 2.59. The fourth-order valence-corrected chi connectivity index (χ4v) is 0.819. The molecule has 0 unspecified atom stereocenters. The van der Waals surface area contributed by atoms with Crippen LogP contribution in [0.4, 0.5) is 0 Å². The van der Waals surface area contributed by atoms with Crippen LogP contribution < -0.4 is 5.32 Å². The van der Waals surface area contributed by atoms with E-state index >= 15 is 0 Å². The van der Waals surface area contributed by atoms with Gasteiger partial charge in [-0.25, -0.2) is 0 Å². The van der Waals surface area contributed by atoms with E-state index in [0.29, 0.717) is 22.9 Å². The van der Waals surface area contributed by atoms with Crippen LogP contribution in [0.2, 0.25) is 0 Å². The van der Waals surface area contributed by atoms with E-state index in [-0.39, 0.29) is 0 Å². The van der Waals surface area contributed by atoms with Crippen LogP contribution in [-0.2, 0) is 0 Å². The SMILES string of the molecule is C=C(Cl)CNCC(C)(C)C(C)C. The van der Waals surface area contributed by atoms with E-state index < -0.39 is 0 Å². The lowest BCUT2D eigenvalue weighted by atomic mass is 9.81. The molecule has 2 heteroatoms. The van der Waals surface area contributed by atoms with E-state index in [0.717, 1.165) is 6.54 Å². The maximum absolute atomic E-state index is 5.63. The number of hydrogen-bond acceptors (Lipinski definition) is 1. The van der Waals surface area contributed by atoms with Gasteiger partial charge < -0.3 is 5.32 Å². The van der Waals surface area contributed by atoms with Crippen LogP contribution in [0.1, 0.15) is 27.7 Å². The second kappa shape index (κ2) is 4.88. The van der Waals surface area contributed by atoms with Crippen molar-refractivity contribution in [2.75, 3.05) is 13.1 Å². The molecule has 0 atom stereocenters. The molecule has 1 N–H and O–H groups in total. The average molecular weight is 190 g/mol. The van der Waals surface area contributed by atoms with Crippen molar-refractivity contribution in [2.24, 2.45) is 11.3 Å². The summed E-state index contributed by atoms with van der Waals surface area (Å²) < 4.78 is 0. The van der Waals surface area contributed by atoms with Gasteiger partial charge in [-0.3, -0.25) is 0 Å². The van der Waals surface area contributed by atoms with Gasteiger partial charge in [0.1, 0.15) is 0 Å². The molecule has 0 aromatic heterocycles. The van der Waals surface area contributed by atoms with Crippen LogP contribution in [0.5, 0.6) is 0 Å². The summed E-state index contributed by atoms with van der Waals surface area (Å²) >= 11 is 5.63. The first kappa shape index (κ1) is 12.0. The van der Waals surface area contributed by atoms with Crippen LogP contribution in [-0.4, -0.2) is 13.1 Å². The van der Waals surface area contributed by atoms with Crippen molar-refractivity contribution in [1.29, 1.82) is 0 Å². The Labute approximate surface area is 81.2 Å². The molecule has 0 spiro atoms. The molecular formula is C10H20ClN. The van der Waals surface area contributed by atoms with Gasteiger partial charge in [0.2, 0.25) is 0 Å². The quantitative estimate of drug-likeness (QED) is 0.701. The van der Waals surface area contributed by atoms with E-state index in [2.05, 4.69) is 39.6 Å². The van der Waals surface area contributed by atoms with Gasteiger partial charge in [-0.15, -0.1) is 0 Å². The lowest BCUT2D eigenvalue weighted by molar-refractivity contribution is 0.241. The maximum Gasteiger partial charge on any atom is 0.0307 e. The Morgan fingerprint density at radius 2 is 2.00 bits per heavy atom. The Morgan fingerprint density at radius 3 is 2.33 bits per heavy atom. The highest BCUT2D eigenvalue weighted by Crippen LogP contribution is 2.24. The van der Waals surface area contributed by atoms with Crippen molar-refractivity contribution in [2.45, 2.75) is 27.7 Å². The fourth-order valence-electron chi connectivity index (χ4n) is 0.724. The van der Waals surface area contributed by atoms with Gasteiger partial charge in [0.15, 0.2) is 0 Å². The highest BCUT2D eigenvalue weighted by atomic mass is 35.5. The zero-order chi connectivity index (χ0) is 9.78. The van der Waals surface area contributed by atoms with Crippen LogP contribution in [0, 0.1) is 11.3 Å². The topological polar surface area (TPSA) is 12.0 Å². The van der Waals surface area contributed by atoms with Gasteiger partial charge in [0.05, 0.1) is 0 Å². The lowest BCUT2D eigenvalue weighted by Crippen LogP contribution is -2.33. The van der Waals surface area contributed by atoms with Crippen LogP contribution in [0.25, 0.3) is 0 Å². The van der Waals surface area contributed by atoms with E-state index in [1.165, 1.54) is 0 Å². The highest BCUT2D eigenvalue weighted by molar-refractivity contribution is 6.29. The highest BCUT2D eigenvalue weighted by Gasteiger charge is 2.21. The molecule has 0 saturated heterocycles. The van der Waals surface area contributed by atoms with Gasteiger partial charge in [-0.05, 0) is 11.3 Å². The third-order valence-electron chi connectivity index (χ3n) is 2.46. The largest absolute Gasteiger partial charge is 0.311 e.